The van der Waals surface area contributed by atoms with Gasteiger partial charge in [-0.3, -0.25) is 0 Å². The van der Waals surface area contributed by atoms with Gasteiger partial charge in [0.05, 0.1) is 0 Å². The Hall–Kier alpha value is -0.0400. The number of hydrogen-bond donors (Lipinski definition) is 0. The summed E-state index contributed by atoms with van der Waals surface area (Å²) in [5, 5.41) is 0. The maximum absolute atomic E-state index is 2.52. The second kappa shape index (κ2) is 2.78. The topological polar surface area (TPSA) is 3.24 Å². The lowest BCUT2D eigenvalue weighted by atomic mass is 9.83. The van der Waals surface area contributed by atoms with Crippen LogP contribution in [0.3, 0.4) is 0 Å². The van der Waals surface area contributed by atoms with Crippen LogP contribution in [0.15, 0.2) is 0 Å². The summed E-state index contributed by atoms with van der Waals surface area (Å²) in [5.74, 6) is 3.17. The lowest BCUT2D eigenvalue weighted by molar-refractivity contribution is 0.130. The van der Waals surface area contributed by atoms with Crippen molar-refractivity contribution in [3.63, 3.8) is 0 Å². The van der Waals surface area contributed by atoms with E-state index in [1.54, 1.807) is 0 Å². The van der Waals surface area contributed by atoms with Crippen molar-refractivity contribution >= 4 is 0 Å². The van der Waals surface area contributed by atoms with E-state index in [4.69, 9.17) is 0 Å². The Morgan fingerprint density at radius 2 is 1.73 bits per heavy atom. The molecule has 64 valence electrons. The third kappa shape index (κ3) is 1.20. The van der Waals surface area contributed by atoms with Gasteiger partial charge in [-0.2, -0.15) is 0 Å². The lowest BCUT2D eigenvalue weighted by Gasteiger charge is -2.35. The highest BCUT2D eigenvalue weighted by Gasteiger charge is 2.39. The number of nitrogens with zero attached hydrogens (tertiary/aromatic N) is 1. The number of hydrogen-bond acceptors (Lipinski definition) is 1. The van der Waals surface area contributed by atoms with Gasteiger partial charge in [0, 0.05) is 13.1 Å². The quantitative estimate of drug-likeness (QED) is 0.557. The van der Waals surface area contributed by atoms with Gasteiger partial charge in [0.2, 0.25) is 0 Å². The molecular formula is C10H19N. The standard InChI is InChI=1S/C10H19N/c1-3-10-8-4-5-9(10)7-11(2)6-8/h8-10H,3-7H2,1-2H3/t8-,9+,10?. The van der Waals surface area contributed by atoms with Gasteiger partial charge in [0.25, 0.3) is 0 Å². The first kappa shape index (κ1) is 7.60. The Labute approximate surface area is 69.8 Å². The molecule has 1 heteroatoms. The molecule has 1 aliphatic carbocycles. The van der Waals surface area contributed by atoms with Crippen LogP contribution in [-0.2, 0) is 0 Å². The lowest BCUT2D eigenvalue weighted by Crippen LogP contribution is -2.39. The Kier molecular flexibility index (Phi) is 1.92. The molecule has 0 N–H and O–H groups in total. The van der Waals surface area contributed by atoms with Crippen molar-refractivity contribution in [2.24, 2.45) is 17.8 Å². The van der Waals surface area contributed by atoms with E-state index in [0.29, 0.717) is 0 Å². The molecule has 0 spiro atoms. The normalized spacial score (nSPS) is 44.7. The fourth-order valence-corrected chi connectivity index (χ4v) is 3.24. The minimum Gasteiger partial charge on any atom is -0.306 e. The average molecular weight is 153 g/mol. The van der Waals surface area contributed by atoms with Gasteiger partial charge in [-0.15, -0.1) is 0 Å². The highest BCUT2D eigenvalue weighted by molar-refractivity contribution is 4.90. The van der Waals surface area contributed by atoms with Crippen LogP contribution in [0.4, 0.5) is 0 Å². The first-order chi connectivity index (χ1) is 5.31. The van der Waals surface area contributed by atoms with Crippen molar-refractivity contribution in [2.75, 3.05) is 20.1 Å². The average Bonchev–Trinajstić information content (AvgIpc) is 2.23. The van der Waals surface area contributed by atoms with Crippen molar-refractivity contribution in [1.82, 2.24) is 4.90 Å². The molecule has 0 aromatic rings. The largest absolute Gasteiger partial charge is 0.306 e. The summed E-state index contributed by atoms with van der Waals surface area (Å²) in [6, 6.07) is 0. The molecule has 2 fully saturated rings. The Morgan fingerprint density at radius 1 is 1.18 bits per heavy atom. The summed E-state index contributed by atoms with van der Waals surface area (Å²) in [5.41, 5.74) is 0. The first-order valence-corrected chi connectivity index (χ1v) is 4.99. The van der Waals surface area contributed by atoms with Crippen LogP contribution >= 0.6 is 0 Å². The van der Waals surface area contributed by atoms with Gasteiger partial charge in [-0.1, -0.05) is 13.3 Å². The molecule has 0 amide bonds. The van der Waals surface area contributed by atoms with Gasteiger partial charge in [0.1, 0.15) is 0 Å². The van der Waals surface area contributed by atoms with Gasteiger partial charge >= 0.3 is 0 Å². The number of fused-ring (bicyclic) bond motifs is 2. The molecule has 1 aliphatic heterocycles. The van der Waals surface area contributed by atoms with E-state index in [9.17, 15) is 0 Å². The van der Waals surface area contributed by atoms with E-state index < -0.39 is 0 Å². The van der Waals surface area contributed by atoms with E-state index in [0.717, 1.165) is 17.8 Å². The minimum absolute atomic E-state index is 1.05. The summed E-state index contributed by atoms with van der Waals surface area (Å²) in [6.07, 6.45) is 4.43. The molecule has 2 bridgehead atoms. The Morgan fingerprint density at radius 3 is 2.18 bits per heavy atom. The summed E-state index contributed by atoms with van der Waals surface area (Å²) >= 11 is 0. The van der Waals surface area contributed by atoms with Crippen molar-refractivity contribution in [2.45, 2.75) is 26.2 Å². The predicted molar refractivity (Wildman–Crippen MR) is 47.5 cm³/mol. The van der Waals surface area contributed by atoms with Crippen LogP contribution < -0.4 is 0 Å². The molecule has 1 saturated heterocycles. The number of likely N-dealkylation sites (tertiary alicyclic amines) is 1. The van der Waals surface area contributed by atoms with Crippen LogP contribution in [-0.4, -0.2) is 25.0 Å². The summed E-state index contributed by atoms with van der Waals surface area (Å²) in [6.45, 7) is 5.10. The van der Waals surface area contributed by atoms with Gasteiger partial charge in [-0.05, 0) is 37.6 Å². The molecule has 2 aliphatic rings. The van der Waals surface area contributed by atoms with E-state index in [-0.39, 0.29) is 0 Å². The smallest absolute Gasteiger partial charge is 0.000948 e. The zero-order chi connectivity index (χ0) is 7.84. The third-order valence-electron chi connectivity index (χ3n) is 3.68. The second-order valence-electron chi connectivity index (χ2n) is 4.39. The van der Waals surface area contributed by atoms with Crippen molar-refractivity contribution in [1.29, 1.82) is 0 Å². The maximum atomic E-state index is 2.52. The molecule has 0 radical (unpaired) electrons. The zero-order valence-electron chi connectivity index (χ0n) is 7.71. The molecule has 1 saturated carbocycles. The van der Waals surface area contributed by atoms with Gasteiger partial charge in [0.15, 0.2) is 0 Å². The Balaban J connectivity index is 2.06. The summed E-state index contributed by atoms with van der Waals surface area (Å²) in [4.78, 5) is 2.52. The second-order valence-corrected chi connectivity index (χ2v) is 4.39. The SMILES string of the molecule is CCC1[C@@H]2CC[C@H]1CN(C)C2. The molecule has 2 rings (SSSR count). The molecule has 1 heterocycles. The van der Waals surface area contributed by atoms with Crippen molar-refractivity contribution in [3.8, 4) is 0 Å². The van der Waals surface area contributed by atoms with E-state index >= 15 is 0 Å². The van der Waals surface area contributed by atoms with E-state index in [1.165, 1.54) is 32.4 Å². The minimum atomic E-state index is 1.05. The molecule has 1 unspecified atom stereocenters. The molecule has 0 aromatic heterocycles. The predicted octanol–water partition coefficient (Wildman–Crippen LogP) is 1.98. The molecule has 0 aromatic carbocycles. The van der Waals surface area contributed by atoms with Crippen LogP contribution in [0, 0.1) is 17.8 Å². The van der Waals surface area contributed by atoms with Crippen molar-refractivity contribution < 1.29 is 0 Å². The number of piperidine rings is 1. The monoisotopic (exact) mass is 153 g/mol. The molecule has 1 nitrogen and oxygen atoms in total. The van der Waals surface area contributed by atoms with Crippen LogP contribution in [0.2, 0.25) is 0 Å². The Bertz CT molecular complexity index is 130. The number of rotatable bonds is 1. The van der Waals surface area contributed by atoms with Gasteiger partial charge in [-0.25, -0.2) is 0 Å². The molecule has 3 atom stereocenters. The highest BCUT2D eigenvalue weighted by Crippen LogP contribution is 2.42. The van der Waals surface area contributed by atoms with Gasteiger partial charge < -0.3 is 4.90 Å². The van der Waals surface area contributed by atoms with Crippen LogP contribution in [0.1, 0.15) is 26.2 Å². The summed E-state index contributed by atoms with van der Waals surface area (Å²) in [7, 11) is 2.28. The van der Waals surface area contributed by atoms with Crippen molar-refractivity contribution in [3.05, 3.63) is 0 Å². The first-order valence-electron chi connectivity index (χ1n) is 4.99. The zero-order valence-corrected chi connectivity index (χ0v) is 7.71. The molecular weight excluding hydrogens is 134 g/mol. The summed E-state index contributed by atoms with van der Waals surface area (Å²) < 4.78 is 0. The highest BCUT2D eigenvalue weighted by atomic mass is 15.1. The van der Waals surface area contributed by atoms with Crippen LogP contribution in [0.25, 0.3) is 0 Å². The molecule has 11 heavy (non-hydrogen) atoms. The van der Waals surface area contributed by atoms with E-state index in [2.05, 4.69) is 18.9 Å². The maximum Gasteiger partial charge on any atom is 0.000948 e. The van der Waals surface area contributed by atoms with Crippen LogP contribution in [0.5, 0.6) is 0 Å². The fourth-order valence-electron chi connectivity index (χ4n) is 3.24. The third-order valence-corrected chi connectivity index (χ3v) is 3.68. The fraction of sp³-hybridized carbons (Fsp3) is 1.00. The van der Waals surface area contributed by atoms with E-state index in [1.807, 2.05) is 0 Å².